The fourth-order valence-corrected chi connectivity index (χ4v) is 2.74. The highest BCUT2D eigenvalue weighted by Crippen LogP contribution is 2.17. The average Bonchev–Trinajstić information content (AvgIpc) is 2.14. The predicted octanol–water partition coefficient (Wildman–Crippen LogP) is 2.23. The number of hydrogen-bond acceptors (Lipinski definition) is 3. The molecule has 0 fully saturated rings. The summed E-state index contributed by atoms with van der Waals surface area (Å²) in [6.45, 7) is 7.19. The first-order valence-electron chi connectivity index (χ1n) is 5.58. The van der Waals surface area contributed by atoms with Gasteiger partial charge >= 0.3 is 0 Å². The monoisotopic (exact) mass is 254 g/mol. The Morgan fingerprint density at radius 3 is 2.00 bits per heavy atom. The van der Waals surface area contributed by atoms with Gasteiger partial charge in [-0.05, 0) is 31.9 Å². The molecule has 17 heavy (non-hydrogen) atoms. The van der Waals surface area contributed by atoms with Gasteiger partial charge in [0, 0.05) is 11.3 Å². The van der Waals surface area contributed by atoms with Crippen LogP contribution < -0.4 is 0 Å². The van der Waals surface area contributed by atoms with Crippen LogP contribution in [0.3, 0.4) is 0 Å². The molecule has 0 atom stereocenters. The fraction of sp³-hybridized carbons (Fsp3) is 0.462. The molecule has 3 nitrogen and oxygen atoms in total. The number of aryl methyl sites for hydroxylation is 3. The highest BCUT2D eigenvalue weighted by Gasteiger charge is 2.19. The molecule has 0 amide bonds. The van der Waals surface area contributed by atoms with Crippen molar-refractivity contribution in [3.8, 4) is 0 Å². The summed E-state index contributed by atoms with van der Waals surface area (Å²) in [6, 6.07) is 3.80. The number of carbonyl (C=O) groups excluding carboxylic acids is 1. The molecule has 0 N–H and O–H groups in total. The second-order valence-electron chi connectivity index (χ2n) is 4.37. The molecule has 1 aromatic rings. The summed E-state index contributed by atoms with van der Waals surface area (Å²) in [6.07, 6.45) is 0. The Bertz CT molecular complexity index is 519. The normalized spacial score (nSPS) is 11.5. The highest BCUT2D eigenvalue weighted by molar-refractivity contribution is 7.92. The lowest BCUT2D eigenvalue weighted by molar-refractivity contribution is 0.102. The summed E-state index contributed by atoms with van der Waals surface area (Å²) < 4.78 is 22.9. The Balaban J connectivity index is 3.14. The van der Waals surface area contributed by atoms with Crippen LogP contribution in [0.5, 0.6) is 0 Å². The number of benzene rings is 1. The van der Waals surface area contributed by atoms with Crippen LogP contribution in [-0.2, 0) is 9.84 Å². The summed E-state index contributed by atoms with van der Waals surface area (Å²) in [4.78, 5) is 12.0. The molecule has 1 rings (SSSR count). The van der Waals surface area contributed by atoms with Gasteiger partial charge in [-0.1, -0.05) is 24.6 Å². The quantitative estimate of drug-likeness (QED) is 0.774. The summed E-state index contributed by atoms with van der Waals surface area (Å²) in [5.41, 5.74) is 3.32. The minimum atomic E-state index is -3.26. The highest BCUT2D eigenvalue weighted by atomic mass is 32.2. The molecular formula is C13H18O3S. The van der Waals surface area contributed by atoms with Gasteiger partial charge in [0.15, 0.2) is 15.6 Å². The Kier molecular flexibility index (Phi) is 4.09. The molecule has 0 spiro atoms. The van der Waals surface area contributed by atoms with Crippen LogP contribution in [0.2, 0.25) is 0 Å². The van der Waals surface area contributed by atoms with Crippen LogP contribution in [0.25, 0.3) is 0 Å². The van der Waals surface area contributed by atoms with Crippen LogP contribution in [0.1, 0.15) is 34.0 Å². The maximum atomic E-state index is 12.0. The van der Waals surface area contributed by atoms with Gasteiger partial charge < -0.3 is 0 Å². The summed E-state index contributed by atoms with van der Waals surface area (Å²) in [7, 11) is -3.26. The Morgan fingerprint density at radius 2 is 1.59 bits per heavy atom. The van der Waals surface area contributed by atoms with Crippen LogP contribution in [0.15, 0.2) is 12.1 Å². The van der Waals surface area contributed by atoms with Crippen molar-refractivity contribution in [1.29, 1.82) is 0 Å². The van der Waals surface area contributed by atoms with Crippen LogP contribution >= 0.6 is 0 Å². The molecule has 0 heterocycles. The van der Waals surface area contributed by atoms with E-state index in [1.807, 2.05) is 32.9 Å². The molecule has 0 aliphatic heterocycles. The minimum absolute atomic E-state index is 0.00268. The third kappa shape index (κ3) is 3.40. The molecule has 0 bridgehead atoms. The van der Waals surface area contributed by atoms with Gasteiger partial charge in [-0.2, -0.15) is 0 Å². The molecule has 0 radical (unpaired) electrons. The maximum Gasteiger partial charge on any atom is 0.178 e. The number of rotatable bonds is 4. The van der Waals surface area contributed by atoms with E-state index in [4.69, 9.17) is 0 Å². The Hall–Kier alpha value is -1.16. The zero-order chi connectivity index (χ0) is 13.2. The van der Waals surface area contributed by atoms with E-state index in [1.165, 1.54) is 0 Å². The van der Waals surface area contributed by atoms with E-state index < -0.39 is 15.6 Å². The lowest BCUT2D eigenvalue weighted by Crippen LogP contribution is -2.19. The zero-order valence-electron chi connectivity index (χ0n) is 10.7. The molecule has 0 saturated heterocycles. The largest absolute Gasteiger partial charge is 0.293 e. The van der Waals surface area contributed by atoms with Crippen molar-refractivity contribution < 1.29 is 13.2 Å². The van der Waals surface area contributed by atoms with Crippen molar-refractivity contribution in [1.82, 2.24) is 0 Å². The first-order valence-corrected chi connectivity index (χ1v) is 7.40. The van der Waals surface area contributed by atoms with Crippen LogP contribution in [0.4, 0.5) is 0 Å². The lowest BCUT2D eigenvalue weighted by Gasteiger charge is -2.10. The molecule has 1 aromatic carbocycles. The molecule has 94 valence electrons. The predicted molar refractivity (Wildman–Crippen MR) is 69.3 cm³/mol. The third-order valence-electron chi connectivity index (χ3n) is 2.75. The van der Waals surface area contributed by atoms with Gasteiger partial charge in [-0.15, -0.1) is 0 Å². The number of sulfone groups is 1. The van der Waals surface area contributed by atoms with E-state index in [0.717, 1.165) is 16.7 Å². The van der Waals surface area contributed by atoms with Gasteiger partial charge in [0.2, 0.25) is 0 Å². The standard InChI is InChI=1S/C13H18O3S/c1-5-17(15,16)8-12(14)13-10(3)6-9(2)7-11(13)4/h6-7H,5,8H2,1-4H3. The van der Waals surface area contributed by atoms with E-state index >= 15 is 0 Å². The van der Waals surface area contributed by atoms with E-state index in [2.05, 4.69) is 0 Å². The van der Waals surface area contributed by atoms with Gasteiger partial charge in [-0.3, -0.25) is 4.79 Å². The molecular weight excluding hydrogens is 236 g/mol. The number of hydrogen-bond donors (Lipinski definition) is 0. The smallest absolute Gasteiger partial charge is 0.178 e. The van der Waals surface area contributed by atoms with Crippen molar-refractivity contribution in [2.24, 2.45) is 0 Å². The maximum absolute atomic E-state index is 12.0. The molecule has 0 aliphatic rings. The van der Waals surface area contributed by atoms with Gasteiger partial charge in [0.1, 0.15) is 5.75 Å². The summed E-state index contributed by atoms with van der Waals surface area (Å²) in [5, 5.41) is 0. The van der Waals surface area contributed by atoms with Gasteiger partial charge in [0.05, 0.1) is 0 Å². The molecule has 0 saturated carbocycles. The molecule has 0 aromatic heterocycles. The van der Waals surface area contributed by atoms with E-state index in [-0.39, 0.29) is 11.5 Å². The Labute approximate surface area is 103 Å². The zero-order valence-corrected chi connectivity index (χ0v) is 11.5. The third-order valence-corrected chi connectivity index (χ3v) is 4.33. The van der Waals surface area contributed by atoms with Crippen LogP contribution in [0, 0.1) is 20.8 Å². The number of carbonyl (C=O) groups is 1. The SMILES string of the molecule is CCS(=O)(=O)CC(=O)c1c(C)cc(C)cc1C. The Morgan fingerprint density at radius 1 is 1.12 bits per heavy atom. The second kappa shape index (κ2) is 5.00. The molecule has 0 aliphatic carbocycles. The average molecular weight is 254 g/mol. The first kappa shape index (κ1) is 13.9. The van der Waals surface area contributed by atoms with Gasteiger partial charge in [-0.25, -0.2) is 8.42 Å². The van der Waals surface area contributed by atoms with Crippen molar-refractivity contribution in [3.05, 3.63) is 34.4 Å². The topological polar surface area (TPSA) is 51.2 Å². The first-order chi connectivity index (χ1) is 7.76. The molecule has 4 heteroatoms. The van der Waals surface area contributed by atoms with Gasteiger partial charge in [0.25, 0.3) is 0 Å². The number of Topliss-reactive ketones (excluding diaryl/α,β-unsaturated/α-hetero) is 1. The fourth-order valence-electron chi connectivity index (χ4n) is 1.99. The minimum Gasteiger partial charge on any atom is -0.293 e. The lowest BCUT2D eigenvalue weighted by atomic mass is 9.97. The van der Waals surface area contributed by atoms with Crippen molar-refractivity contribution in [2.45, 2.75) is 27.7 Å². The summed E-state index contributed by atoms with van der Waals surface area (Å²) in [5.74, 6) is -0.696. The van der Waals surface area contributed by atoms with Crippen molar-refractivity contribution >= 4 is 15.6 Å². The van der Waals surface area contributed by atoms with E-state index in [9.17, 15) is 13.2 Å². The van der Waals surface area contributed by atoms with Crippen molar-refractivity contribution in [3.63, 3.8) is 0 Å². The molecule has 0 unspecified atom stereocenters. The number of ketones is 1. The van der Waals surface area contributed by atoms with Crippen molar-refractivity contribution in [2.75, 3.05) is 11.5 Å². The second-order valence-corrected chi connectivity index (χ2v) is 6.73. The van der Waals surface area contributed by atoms with E-state index in [1.54, 1.807) is 6.92 Å². The summed E-state index contributed by atoms with van der Waals surface area (Å²) >= 11 is 0. The van der Waals surface area contributed by atoms with Crippen LogP contribution in [-0.4, -0.2) is 25.7 Å². The van der Waals surface area contributed by atoms with E-state index in [0.29, 0.717) is 5.56 Å².